The molecule has 2 amide bonds. The first-order valence-electron chi connectivity index (χ1n) is 8.62. The molecule has 0 aliphatic carbocycles. The van der Waals surface area contributed by atoms with Crippen LogP contribution in [0.1, 0.15) is 44.5 Å². The number of ether oxygens (including phenoxy) is 2. The van der Waals surface area contributed by atoms with Gasteiger partial charge >= 0.3 is 6.09 Å². The summed E-state index contributed by atoms with van der Waals surface area (Å²) in [4.78, 5) is 35.8. The Bertz CT molecular complexity index is 674. The van der Waals surface area contributed by atoms with E-state index in [2.05, 4.69) is 9.97 Å². The number of hydrogen-bond acceptors (Lipinski definition) is 7. The molecule has 0 aromatic carbocycles. The quantitative estimate of drug-likeness (QED) is 0.840. The van der Waals surface area contributed by atoms with Crippen LogP contribution in [0.4, 0.5) is 10.7 Å². The number of amides is 2. The minimum absolute atomic E-state index is 0.0141. The molecule has 0 spiro atoms. The maximum absolute atomic E-state index is 12.2. The summed E-state index contributed by atoms with van der Waals surface area (Å²) in [6, 6.07) is -0.0141. The van der Waals surface area contributed by atoms with Gasteiger partial charge in [-0.1, -0.05) is 0 Å². The number of anilines is 1. The van der Waals surface area contributed by atoms with Crippen LogP contribution in [0.2, 0.25) is 0 Å². The molecule has 0 unspecified atom stereocenters. The van der Waals surface area contributed by atoms with Gasteiger partial charge in [0.05, 0.1) is 12.6 Å². The van der Waals surface area contributed by atoms with Crippen molar-refractivity contribution >= 4 is 17.9 Å². The Kier molecular flexibility index (Phi) is 5.89. The molecule has 2 heterocycles. The van der Waals surface area contributed by atoms with Crippen LogP contribution < -0.4 is 15.4 Å². The van der Waals surface area contributed by atoms with E-state index in [1.807, 2.05) is 25.7 Å². The summed E-state index contributed by atoms with van der Waals surface area (Å²) >= 11 is 0. The fourth-order valence-electron chi connectivity index (χ4n) is 2.65. The predicted octanol–water partition coefficient (Wildman–Crippen LogP) is 1.42. The van der Waals surface area contributed by atoms with Crippen LogP contribution in [-0.4, -0.2) is 65.3 Å². The molecule has 0 radical (unpaired) electrons. The Balaban J connectivity index is 2.09. The maximum atomic E-state index is 12.2. The van der Waals surface area contributed by atoms with Gasteiger partial charge in [0, 0.05) is 26.3 Å². The first-order valence-corrected chi connectivity index (χ1v) is 8.62. The second kappa shape index (κ2) is 7.76. The van der Waals surface area contributed by atoms with Gasteiger partial charge < -0.3 is 25.0 Å². The average Bonchev–Trinajstić information content (AvgIpc) is 3.02. The maximum Gasteiger partial charge on any atom is 0.410 e. The largest absolute Gasteiger partial charge is 0.477 e. The van der Waals surface area contributed by atoms with Crippen LogP contribution in [0.3, 0.4) is 0 Å². The van der Waals surface area contributed by atoms with Crippen LogP contribution in [-0.2, 0) is 4.74 Å². The lowest BCUT2D eigenvalue weighted by Gasteiger charge is -2.28. The summed E-state index contributed by atoms with van der Waals surface area (Å²) in [7, 11) is 1.73. The van der Waals surface area contributed by atoms with Crippen LogP contribution in [0.15, 0.2) is 6.20 Å². The van der Waals surface area contributed by atoms with Crippen molar-refractivity contribution in [1.29, 1.82) is 0 Å². The van der Waals surface area contributed by atoms with Gasteiger partial charge in [-0.05, 0) is 34.1 Å². The van der Waals surface area contributed by atoms with Gasteiger partial charge in [0.25, 0.3) is 5.91 Å². The lowest BCUT2D eigenvalue weighted by molar-refractivity contribution is 0.0237. The van der Waals surface area contributed by atoms with Gasteiger partial charge in [-0.3, -0.25) is 4.79 Å². The summed E-state index contributed by atoms with van der Waals surface area (Å²) in [6.07, 6.45) is 1.78. The monoisotopic (exact) mass is 365 g/mol. The third-order valence-corrected chi connectivity index (χ3v) is 3.96. The van der Waals surface area contributed by atoms with Crippen molar-refractivity contribution in [1.82, 2.24) is 14.9 Å². The molecule has 2 rings (SSSR count). The molecule has 0 bridgehead atoms. The fraction of sp³-hybridized carbons (Fsp3) is 0.647. The van der Waals surface area contributed by atoms with Gasteiger partial charge in [-0.15, -0.1) is 0 Å². The molecule has 0 saturated carbocycles. The summed E-state index contributed by atoms with van der Waals surface area (Å²) in [5.74, 6) is -0.0172. The SMILES string of the molecule is CCOc1nc(N2CC[C@H](N(C)C(=O)OC(C)(C)C)C2)ncc1C(N)=O. The molecular weight excluding hydrogens is 338 g/mol. The van der Waals surface area contributed by atoms with Gasteiger partial charge in [0.15, 0.2) is 0 Å². The lowest BCUT2D eigenvalue weighted by atomic mass is 10.2. The standard InChI is InChI=1S/C17H27N5O4/c1-6-25-14-12(13(18)23)9-19-15(20-14)22-8-7-11(10-22)21(5)16(24)26-17(2,3)4/h9,11H,6-8,10H2,1-5H3,(H2,18,23)/t11-/m0/s1. The van der Waals surface area contributed by atoms with Gasteiger partial charge in [0.2, 0.25) is 11.8 Å². The van der Waals surface area contributed by atoms with E-state index < -0.39 is 11.5 Å². The molecule has 26 heavy (non-hydrogen) atoms. The van der Waals surface area contributed by atoms with Crippen molar-refractivity contribution in [2.75, 3.05) is 31.6 Å². The highest BCUT2D eigenvalue weighted by Crippen LogP contribution is 2.24. The number of likely N-dealkylation sites (N-methyl/N-ethyl adjacent to an activating group) is 1. The first kappa shape index (κ1) is 19.7. The van der Waals surface area contributed by atoms with E-state index in [-0.39, 0.29) is 23.6 Å². The van der Waals surface area contributed by atoms with Crippen LogP contribution in [0, 0.1) is 0 Å². The van der Waals surface area contributed by atoms with Crippen LogP contribution in [0.25, 0.3) is 0 Å². The molecule has 1 aromatic heterocycles. The van der Waals surface area contributed by atoms with Gasteiger partial charge in [-0.25, -0.2) is 9.78 Å². The summed E-state index contributed by atoms with van der Waals surface area (Å²) in [5, 5.41) is 0. The third-order valence-electron chi connectivity index (χ3n) is 3.96. The second-order valence-corrected chi connectivity index (χ2v) is 7.17. The zero-order valence-electron chi connectivity index (χ0n) is 16.0. The fourth-order valence-corrected chi connectivity index (χ4v) is 2.65. The molecule has 1 aliphatic rings. The van der Waals surface area contributed by atoms with E-state index in [1.165, 1.54) is 6.20 Å². The van der Waals surface area contributed by atoms with E-state index in [0.29, 0.717) is 25.6 Å². The number of nitrogens with two attached hydrogens (primary N) is 1. The molecule has 144 valence electrons. The number of aromatic nitrogens is 2. The predicted molar refractivity (Wildman–Crippen MR) is 96.3 cm³/mol. The summed E-state index contributed by atoms with van der Waals surface area (Å²) in [6.45, 7) is 8.92. The second-order valence-electron chi connectivity index (χ2n) is 7.17. The van der Waals surface area contributed by atoms with Crippen molar-refractivity contribution in [3.63, 3.8) is 0 Å². The number of primary amides is 1. The Morgan fingerprint density at radius 2 is 2.12 bits per heavy atom. The van der Waals surface area contributed by atoms with E-state index >= 15 is 0 Å². The van der Waals surface area contributed by atoms with Crippen molar-refractivity contribution in [2.45, 2.75) is 45.8 Å². The Hall–Kier alpha value is -2.58. The zero-order valence-corrected chi connectivity index (χ0v) is 16.0. The minimum atomic E-state index is -0.635. The summed E-state index contributed by atoms with van der Waals surface area (Å²) in [5.41, 5.74) is 4.94. The molecule has 1 saturated heterocycles. The zero-order chi connectivity index (χ0) is 19.5. The molecule has 1 atom stereocenters. The highest BCUT2D eigenvalue weighted by molar-refractivity contribution is 5.94. The van der Waals surface area contributed by atoms with Crippen LogP contribution in [0.5, 0.6) is 5.88 Å². The summed E-state index contributed by atoms with van der Waals surface area (Å²) < 4.78 is 10.8. The first-order chi connectivity index (χ1) is 12.1. The normalized spacial score (nSPS) is 17.1. The molecule has 1 fully saturated rings. The highest BCUT2D eigenvalue weighted by Gasteiger charge is 2.32. The molecule has 9 heteroatoms. The number of rotatable bonds is 5. The average molecular weight is 365 g/mol. The molecule has 9 nitrogen and oxygen atoms in total. The number of carbonyl (C=O) groups is 2. The Morgan fingerprint density at radius 1 is 1.42 bits per heavy atom. The van der Waals surface area contributed by atoms with E-state index in [9.17, 15) is 9.59 Å². The highest BCUT2D eigenvalue weighted by atomic mass is 16.6. The van der Waals surface area contributed by atoms with Crippen molar-refractivity contribution < 1.29 is 19.1 Å². The third kappa shape index (κ3) is 4.74. The molecule has 1 aromatic rings. The Morgan fingerprint density at radius 3 is 2.69 bits per heavy atom. The van der Waals surface area contributed by atoms with Crippen molar-refractivity contribution in [2.24, 2.45) is 5.73 Å². The minimum Gasteiger partial charge on any atom is -0.477 e. The van der Waals surface area contributed by atoms with Gasteiger partial charge in [0.1, 0.15) is 11.2 Å². The van der Waals surface area contributed by atoms with Crippen molar-refractivity contribution in [3.05, 3.63) is 11.8 Å². The van der Waals surface area contributed by atoms with Crippen molar-refractivity contribution in [3.8, 4) is 5.88 Å². The molecule has 1 aliphatic heterocycles. The smallest absolute Gasteiger partial charge is 0.410 e. The Labute approximate surface area is 153 Å². The number of nitrogens with zero attached hydrogens (tertiary/aromatic N) is 4. The topological polar surface area (TPSA) is 111 Å². The number of hydrogen-bond donors (Lipinski definition) is 1. The van der Waals surface area contributed by atoms with Gasteiger partial charge in [-0.2, -0.15) is 4.98 Å². The van der Waals surface area contributed by atoms with Crippen LogP contribution >= 0.6 is 0 Å². The van der Waals surface area contributed by atoms with E-state index in [0.717, 1.165) is 6.42 Å². The van der Waals surface area contributed by atoms with E-state index in [4.69, 9.17) is 15.2 Å². The molecular formula is C17H27N5O4. The van der Waals surface area contributed by atoms with E-state index in [1.54, 1.807) is 18.9 Å². The number of carbonyl (C=O) groups excluding carboxylic acids is 2. The molecule has 2 N–H and O–H groups in total. The lowest BCUT2D eigenvalue weighted by Crippen LogP contribution is -2.42.